The molecule has 0 aliphatic carbocycles. The lowest BCUT2D eigenvalue weighted by molar-refractivity contribution is 0.102. The van der Waals surface area contributed by atoms with Gasteiger partial charge in [0.25, 0.3) is 5.91 Å². The van der Waals surface area contributed by atoms with Gasteiger partial charge in [-0.15, -0.1) is 11.3 Å². The van der Waals surface area contributed by atoms with E-state index in [1.54, 1.807) is 37.4 Å². The topological polar surface area (TPSA) is 54.9 Å². The Morgan fingerprint density at radius 3 is 2.61 bits per heavy atom. The van der Waals surface area contributed by atoms with Gasteiger partial charge in [-0.05, 0) is 59.3 Å². The van der Waals surface area contributed by atoms with Crippen molar-refractivity contribution in [2.24, 2.45) is 0 Å². The largest absolute Gasteiger partial charge is 0.306 e. The summed E-state index contributed by atoms with van der Waals surface area (Å²) in [4.78, 5) is 21.4. The normalized spacial score (nSPS) is 10.6. The minimum atomic E-state index is -0.304. The number of carbonyl (C=O) groups excluding carboxylic acids is 1. The maximum atomic E-state index is 13.0. The quantitative estimate of drug-likeness (QED) is 0.705. The fourth-order valence-electron chi connectivity index (χ4n) is 1.95. The summed E-state index contributed by atoms with van der Waals surface area (Å²) in [5.41, 5.74) is 1.41. The molecule has 116 valence electrons. The van der Waals surface area contributed by atoms with Crippen molar-refractivity contribution < 1.29 is 9.18 Å². The standard InChI is InChI=1S/C16H11BrFN3OS/c1-9-14(15(22)21-13-7-4-11(17)8-19-13)23-16(20-9)10-2-5-12(18)6-3-10/h2-8H,1H3,(H,19,21,22). The number of aromatic nitrogens is 2. The fraction of sp³-hybridized carbons (Fsp3) is 0.0625. The molecule has 3 rings (SSSR count). The molecule has 0 bridgehead atoms. The van der Waals surface area contributed by atoms with Crippen molar-refractivity contribution >= 4 is 39.0 Å². The van der Waals surface area contributed by atoms with Gasteiger partial charge in [0.2, 0.25) is 0 Å². The second-order valence-corrected chi connectivity index (χ2v) is 6.67. The van der Waals surface area contributed by atoms with Crippen LogP contribution in [0.5, 0.6) is 0 Å². The smallest absolute Gasteiger partial charge is 0.268 e. The SMILES string of the molecule is Cc1nc(-c2ccc(F)cc2)sc1C(=O)Nc1ccc(Br)cn1. The molecular formula is C16H11BrFN3OS. The summed E-state index contributed by atoms with van der Waals surface area (Å²) >= 11 is 4.56. The van der Waals surface area contributed by atoms with Crippen LogP contribution in [0.25, 0.3) is 10.6 Å². The number of pyridine rings is 1. The van der Waals surface area contributed by atoms with Crippen LogP contribution in [0.4, 0.5) is 10.2 Å². The van der Waals surface area contributed by atoms with Gasteiger partial charge < -0.3 is 5.32 Å². The highest BCUT2D eigenvalue weighted by Crippen LogP contribution is 2.28. The number of benzene rings is 1. The molecule has 0 aliphatic rings. The van der Waals surface area contributed by atoms with E-state index in [1.807, 2.05) is 0 Å². The van der Waals surface area contributed by atoms with Gasteiger partial charge in [-0.3, -0.25) is 4.79 Å². The van der Waals surface area contributed by atoms with Gasteiger partial charge >= 0.3 is 0 Å². The van der Waals surface area contributed by atoms with E-state index in [9.17, 15) is 9.18 Å². The van der Waals surface area contributed by atoms with Crippen LogP contribution in [-0.4, -0.2) is 15.9 Å². The Morgan fingerprint density at radius 2 is 1.96 bits per heavy atom. The third-order valence-electron chi connectivity index (χ3n) is 3.06. The lowest BCUT2D eigenvalue weighted by atomic mass is 10.2. The molecule has 0 unspecified atom stereocenters. The molecule has 1 N–H and O–H groups in total. The second kappa shape index (κ2) is 6.55. The Kier molecular flexibility index (Phi) is 4.49. The molecule has 0 saturated carbocycles. The maximum absolute atomic E-state index is 13.0. The molecule has 1 aromatic carbocycles. The predicted molar refractivity (Wildman–Crippen MR) is 92.1 cm³/mol. The lowest BCUT2D eigenvalue weighted by Crippen LogP contribution is -2.12. The van der Waals surface area contributed by atoms with Crippen LogP contribution in [0.3, 0.4) is 0 Å². The third kappa shape index (κ3) is 3.62. The van der Waals surface area contributed by atoms with E-state index in [-0.39, 0.29) is 11.7 Å². The summed E-state index contributed by atoms with van der Waals surface area (Å²) in [6, 6.07) is 9.54. The first-order chi connectivity index (χ1) is 11.0. The average molecular weight is 392 g/mol. The number of nitrogens with one attached hydrogen (secondary N) is 1. The van der Waals surface area contributed by atoms with Gasteiger partial charge in [0, 0.05) is 16.2 Å². The van der Waals surface area contributed by atoms with Crippen LogP contribution in [0.1, 0.15) is 15.4 Å². The van der Waals surface area contributed by atoms with E-state index < -0.39 is 0 Å². The zero-order valence-electron chi connectivity index (χ0n) is 12.0. The number of amides is 1. The molecule has 2 heterocycles. The van der Waals surface area contributed by atoms with Crippen LogP contribution in [-0.2, 0) is 0 Å². The average Bonchev–Trinajstić information content (AvgIpc) is 2.92. The third-order valence-corrected chi connectivity index (χ3v) is 4.74. The van der Waals surface area contributed by atoms with Crippen molar-refractivity contribution in [2.75, 3.05) is 5.32 Å². The molecule has 23 heavy (non-hydrogen) atoms. The predicted octanol–water partition coefficient (Wildman–Crippen LogP) is 4.67. The Balaban J connectivity index is 1.84. The summed E-state index contributed by atoms with van der Waals surface area (Å²) in [5.74, 6) is -0.0983. The number of anilines is 1. The van der Waals surface area contributed by atoms with Gasteiger partial charge in [0.15, 0.2) is 0 Å². The number of rotatable bonds is 3. The number of halogens is 2. The van der Waals surface area contributed by atoms with Crippen molar-refractivity contribution in [3.8, 4) is 10.6 Å². The molecule has 0 radical (unpaired) electrons. The van der Waals surface area contributed by atoms with Crippen LogP contribution >= 0.6 is 27.3 Å². The van der Waals surface area contributed by atoms with Crippen LogP contribution in [0, 0.1) is 12.7 Å². The van der Waals surface area contributed by atoms with E-state index in [4.69, 9.17) is 0 Å². The van der Waals surface area contributed by atoms with E-state index in [2.05, 4.69) is 31.2 Å². The second-order valence-electron chi connectivity index (χ2n) is 4.76. The van der Waals surface area contributed by atoms with E-state index >= 15 is 0 Å². The molecule has 0 atom stereocenters. The van der Waals surface area contributed by atoms with Gasteiger partial charge in [-0.25, -0.2) is 14.4 Å². The molecule has 0 aliphatic heterocycles. The van der Waals surface area contributed by atoms with E-state index in [0.29, 0.717) is 21.4 Å². The molecule has 0 saturated heterocycles. The number of aryl methyl sites for hydroxylation is 1. The Labute approximate surface area is 144 Å². The Hall–Kier alpha value is -2.12. The number of carbonyl (C=O) groups is 1. The minimum absolute atomic E-state index is 0.261. The summed E-state index contributed by atoms with van der Waals surface area (Å²) in [5, 5.41) is 3.42. The number of nitrogens with zero attached hydrogens (tertiary/aromatic N) is 2. The molecule has 3 aromatic rings. The fourth-order valence-corrected chi connectivity index (χ4v) is 3.15. The monoisotopic (exact) mass is 391 g/mol. The highest BCUT2D eigenvalue weighted by molar-refractivity contribution is 9.10. The van der Waals surface area contributed by atoms with Gasteiger partial charge in [0.05, 0.1) is 5.69 Å². The summed E-state index contributed by atoms with van der Waals surface area (Å²) in [7, 11) is 0. The highest BCUT2D eigenvalue weighted by atomic mass is 79.9. The molecular weight excluding hydrogens is 381 g/mol. The molecule has 0 fully saturated rings. The van der Waals surface area contributed by atoms with Crippen molar-refractivity contribution in [1.29, 1.82) is 0 Å². The summed E-state index contributed by atoms with van der Waals surface area (Å²) < 4.78 is 13.8. The van der Waals surface area contributed by atoms with Crippen LogP contribution in [0.15, 0.2) is 47.1 Å². The van der Waals surface area contributed by atoms with Gasteiger partial charge in [-0.1, -0.05) is 0 Å². The Bertz CT molecular complexity index is 847. The van der Waals surface area contributed by atoms with Crippen molar-refractivity contribution in [2.45, 2.75) is 6.92 Å². The molecule has 1 amide bonds. The van der Waals surface area contributed by atoms with Gasteiger partial charge in [0.1, 0.15) is 21.5 Å². The Morgan fingerprint density at radius 1 is 1.22 bits per heavy atom. The van der Waals surface area contributed by atoms with Crippen molar-refractivity contribution in [3.05, 3.63) is 63.5 Å². The first-order valence-electron chi connectivity index (χ1n) is 6.69. The number of hydrogen-bond donors (Lipinski definition) is 1. The molecule has 2 aromatic heterocycles. The maximum Gasteiger partial charge on any atom is 0.268 e. The zero-order valence-corrected chi connectivity index (χ0v) is 14.4. The summed E-state index contributed by atoms with van der Waals surface area (Å²) in [6.45, 7) is 1.77. The number of hydrogen-bond acceptors (Lipinski definition) is 4. The van der Waals surface area contributed by atoms with Gasteiger partial charge in [-0.2, -0.15) is 0 Å². The summed E-state index contributed by atoms with van der Waals surface area (Å²) in [6.07, 6.45) is 1.61. The van der Waals surface area contributed by atoms with E-state index in [1.165, 1.54) is 23.5 Å². The molecule has 7 heteroatoms. The minimum Gasteiger partial charge on any atom is -0.306 e. The first kappa shape index (κ1) is 15.8. The van der Waals surface area contributed by atoms with E-state index in [0.717, 1.165) is 10.0 Å². The van der Waals surface area contributed by atoms with Crippen molar-refractivity contribution in [1.82, 2.24) is 9.97 Å². The van der Waals surface area contributed by atoms with Crippen molar-refractivity contribution in [3.63, 3.8) is 0 Å². The lowest BCUT2D eigenvalue weighted by Gasteiger charge is -2.02. The molecule has 4 nitrogen and oxygen atoms in total. The number of thiazole rings is 1. The zero-order chi connectivity index (χ0) is 16.4. The highest BCUT2D eigenvalue weighted by Gasteiger charge is 2.16. The first-order valence-corrected chi connectivity index (χ1v) is 8.30. The van der Waals surface area contributed by atoms with Crippen LogP contribution < -0.4 is 5.32 Å². The molecule has 0 spiro atoms. The van der Waals surface area contributed by atoms with Crippen LogP contribution in [0.2, 0.25) is 0 Å².